The van der Waals surface area contributed by atoms with Crippen LogP contribution in [0.15, 0.2) is 66.7 Å². The Hall–Kier alpha value is -6.26. The van der Waals surface area contributed by atoms with E-state index in [0.717, 1.165) is 22.2 Å². The van der Waals surface area contributed by atoms with E-state index in [-0.39, 0.29) is 70.0 Å². The molecule has 4 aliphatic heterocycles. The molecule has 62 heavy (non-hydrogen) atoms. The lowest BCUT2D eigenvalue weighted by Gasteiger charge is -2.44. The molecule has 4 N–H and O–H groups in total. The summed E-state index contributed by atoms with van der Waals surface area (Å²) in [6.45, 7) is 4.75. The minimum absolute atomic E-state index is 0.0202. The van der Waals surface area contributed by atoms with Gasteiger partial charge in [-0.2, -0.15) is 5.10 Å². The van der Waals surface area contributed by atoms with Crippen molar-refractivity contribution in [3.8, 4) is 22.6 Å². The molecule has 4 aromatic carbocycles. The molecule has 17 heteroatoms. The van der Waals surface area contributed by atoms with E-state index in [9.17, 15) is 19.2 Å². The molecule has 0 radical (unpaired) electrons. The molecule has 3 fully saturated rings. The van der Waals surface area contributed by atoms with Gasteiger partial charge in [0.1, 0.15) is 11.6 Å². The number of amides is 5. The fourth-order valence-corrected chi connectivity index (χ4v) is 9.72. The first-order valence-electron chi connectivity index (χ1n) is 20.6. The molecule has 9 rings (SSSR count). The van der Waals surface area contributed by atoms with Gasteiger partial charge in [-0.3, -0.25) is 29.3 Å². The first kappa shape index (κ1) is 41.1. The average molecular weight is 867 g/mol. The summed E-state index contributed by atoms with van der Waals surface area (Å²) in [7, 11) is 3.10. The highest BCUT2D eigenvalue weighted by molar-refractivity contribution is 6.34. The van der Waals surface area contributed by atoms with E-state index >= 15 is 8.78 Å². The number of methoxy groups -OCH3 is 1. The molecule has 14 nitrogen and oxygen atoms in total. The van der Waals surface area contributed by atoms with Gasteiger partial charge < -0.3 is 30.3 Å². The van der Waals surface area contributed by atoms with Crippen LogP contribution < -0.4 is 35.6 Å². The Bertz CT molecular complexity index is 2650. The lowest BCUT2D eigenvalue weighted by molar-refractivity contribution is -0.137. The maximum absolute atomic E-state index is 16.2. The number of halogens is 3. The second-order valence-electron chi connectivity index (χ2n) is 16.4. The number of piperidine rings is 1. The van der Waals surface area contributed by atoms with Gasteiger partial charge in [-0.1, -0.05) is 48.9 Å². The molecule has 5 aromatic rings. The fraction of sp³-hybridized carbons (Fsp3) is 0.356. The van der Waals surface area contributed by atoms with Crippen molar-refractivity contribution in [2.75, 3.05) is 56.2 Å². The zero-order valence-electron chi connectivity index (χ0n) is 34.3. The molecule has 1 aromatic heterocycles. The Morgan fingerprint density at radius 1 is 1.03 bits per heavy atom. The van der Waals surface area contributed by atoms with Crippen LogP contribution in [-0.2, 0) is 22.2 Å². The van der Waals surface area contributed by atoms with Crippen molar-refractivity contribution in [2.24, 2.45) is 18.7 Å². The van der Waals surface area contributed by atoms with Crippen LogP contribution in [0.3, 0.4) is 0 Å². The second-order valence-corrected chi connectivity index (χ2v) is 16.8. The van der Waals surface area contributed by atoms with Gasteiger partial charge in [0.05, 0.1) is 29.1 Å². The summed E-state index contributed by atoms with van der Waals surface area (Å²) in [5, 5.41) is 11.0. The molecule has 0 unspecified atom stereocenters. The number of aromatic nitrogens is 2. The molecule has 0 spiro atoms. The largest absolute Gasteiger partial charge is 0.494 e. The van der Waals surface area contributed by atoms with Crippen molar-refractivity contribution in [1.82, 2.24) is 25.3 Å². The molecule has 2 atom stereocenters. The van der Waals surface area contributed by atoms with Crippen LogP contribution in [0.1, 0.15) is 53.6 Å². The average Bonchev–Trinajstić information content (AvgIpc) is 3.72. The summed E-state index contributed by atoms with van der Waals surface area (Å²) in [5.41, 5.74) is 7.19. The highest BCUT2D eigenvalue weighted by Gasteiger charge is 2.50. The number of fused-ring (bicyclic) bond motifs is 2. The molecule has 322 valence electrons. The van der Waals surface area contributed by atoms with Crippen molar-refractivity contribution in [3.63, 3.8) is 0 Å². The van der Waals surface area contributed by atoms with Crippen LogP contribution in [-0.4, -0.2) is 90.9 Å². The molecule has 0 bridgehead atoms. The number of hydrogen-bond donors (Lipinski definition) is 3. The Labute approximate surface area is 360 Å². The van der Waals surface area contributed by atoms with Gasteiger partial charge in [-0.15, -0.1) is 0 Å². The number of nitrogens with two attached hydrogens (primary N) is 1. The maximum atomic E-state index is 16.2. The van der Waals surface area contributed by atoms with Crippen LogP contribution in [0, 0.1) is 17.6 Å². The summed E-state index contributed by atoms with van der Waals surface area (Å²) in [6.07, 6.45) is 1.59. The minimum Gasteiger partial charge on any atom is -0.494 e. The van der Waals surface area contributed by atoms with E-state index in [1.54, 1.807) is 4.68 Å². The number of primary amides is 1. The molecule has 4 aliphatic rings. The van der Waals surface area contributed by atoms with Crippen LogP contribution >= 0.6 is 11.6 Å². The summed E-state index contributed by atoms with van der Waals surface area (Å²) < 4.78 is 45.6. The van der Waals surface area contributed by atoms with Crippen molar-refractivity contribution in [3.05, 3.63) is 100 Å². The number of hydrogen-bond acceptors (Lipinski definition) is 9. The molecule has 5 heterocycles. The molecular formula is C45H45ClF2N8O6. The van der Waals surface area contributed by atoms with Gasteiger partial charge in [-0.05, 0) is 48.7 Å². The number of carbonyl (C=O) groups is 4. The molecule has 3 saturated heterocycles. The first-order valence-corrected chi connectivity index (χ1v) is 21.0. The van der Waals surface area contributed by atoms with E-state index in [1.165, 1.54) is 30.2 Å². The van der Waals surface area contributed by atoms with Crippen LogP contribution in [0.2, 0.25) is 5.02 Å². The van der Waals surface area contributed by atoms with Crippen molar-refractivity contribution < 1.29 is 37.4 Å². The van der Waals surface area contributed by atoms with E-state index < -0.39 is 35.1 Å². The summed E-state index contributed by atoms with van der Waals surface area (Å²) in [4.78, 5) is 56.1. The Balaban J connectivity index is 0.876. The summed E-state index contributed by atoms with van der Waals surface area (Å²) in [6, 6.07) is 18.8. The zero-order valence-corrected chi connectivity index (χ0v) is 35.1. The number of aryl methyl sites for hydroxylation is 1. The number of imide groups is 1. The number of benzene rings is 4. The Kier molecular flexibility index (Phi) is 10.5. The van der Waals surface area contributed by atoms with Crippen LogP contribution in [0.25, 0.3) is 22.0 Å². The standard InChI is InChI=1S/C45H45ClF2N8O6/c1-24-36-34(20-31(47)39(46)38(36)37-30(41(49)58)11-12-33(61-3)40(37)48)62-45(24,26-7-5-4-6-8-26)23-50-27-13-16-54(17-14-27)43(59)25-21-55(22-25)28-9-10-29-32(19-28)53(2)52-42(29)56-18-15-35(57)51-44(56)60/h4-12,19-20,24-25,27,50H,13-18,21-23H2,1-3H3,(H2,49,58)(H,51,57,60)/t24-,45-/m0/s1. The number of ether oxygens (including phenoxy) is 2. The van der Waals surface area contributed by atoms with Gasteiger partial charge in [-0.25, -0.2) is 13.6 Å². The van der Waals surface area contributed by atoms with Gasteiger partial charge in [0, 0.05) is 98.5 Å². The summed E-state index contributed by atoms with van der Waals surface area (Å²) in [5.74, 6) is -3.02. The normalized spacial score (nSPS) is 20.5. The van der Waals surface area contributed by atoms with E-state index in [4.69, 9.17) is 26.8 Å². The second kappa shape index (κ2) is 15.9. The first-order chi connectivity index (χ1) is 29.8. The van der Waals surface area contributed by atoms with Crippen molar-refractivity contribution in [1.29, 1.82) is 0 Å². The zero-order chi connectivity index (χ0) is 43.6. The number of nitrogens with one attached hydrogen (secondary N) is 2. The number of likely N-dealkylation sites (tertiary alicyclic amines) is 1. The monoisotopic (exact) mass is 866 g/mol. The Morgan fingerprint density at radius 3 is 2.47 bits per heavy atom. The lowest BCUT2D eigenvalue weighted by Crippen LogP contribution is -2.57. The van der Waals surface area contributed by atoms with E-state index in [2.05, 4.69) is 20.6 Å². The fourth-order valence-electron chi connectivity index (χ4n) is 9.47. The molecular weight excluding hydrogens is 822 g/mol. The van der Waals surface area contributed by atoms with E-state index in [0.29, 0.717) is 56.9 Å². The smallest absolute Gasteiger partial charge is 0.329 e. The molecule has 0 aliphatic carbocycles. The SMILES string of the molecule is COc1ccc(C(N)=O)c(-c2c(Cl)c(F)cc3c2[C@H](C)[C@@](CNC2CCN(C(=O)C4CN(c5ccc6c(N7CCC(=O)NC7=O)nn(C)c6c5)C4)CC2)(c2ccccc2)O3)c1F. The van der Waals surface area contributed by atoms with Gasteiger partial charge >= 0.3 is 6.03 Å². The third-order valence-electron chi connectivity index (χ3n) is 12.9. The third-order valence-corrected chi connectivity index (χ3v) is 13.3. The lowest BCUT2D eigenvalue weighted by atomic mass is 9.77. The van der Waals surface area contributed by atoms with Gasteiger partial charge in [0.2, 0.25) is 17.7 Å². The van der Waals surface area contributed by atoms with Gasteiger partial charge in [0.25, 0.3) is 0 Å². The highest BCUT2D eigenvalue weighted by Crippen LogP contribution is 2.56. The predicted octanol–water partition coefficient (Wildman–Crippen LogP) is 5.83. The summed E-state index contributed by atoms with van der Waals surface area (Å²) >= 11 is 6.67. The number of anilines is 2. The molecule has 5 amide bonds. The topological polar surface area (TPSA) is 164 Å². The number of rotatable bonds is 10. The molecule has 0 saturated carbocycles. The van der Waals surface area contributed by atoms with E-state index in [1.807, 2.05) is 67.4 Å². The maximum Gasteiger partial charge on any atom is 0.329 e. The van der Waals surface area contributed by atoms with Crippen molar-refractivity contribution in [2.45, 2.75) is 43.7 Å². The highest BCUT2D eigenvalue weighted by atomic mass is 35.5. The van der Waals surface area contributed by atoms with Crippen LogP contribution in [0.5, 0.6) is 11.5 Å². The number of carbonyl (C=O) groups excluding carboxylic acids is 4. The van der Waals surface area contributed by atoms with Crippen molar-refractivity contribution >= 4 is 57.8 Å². The predicted molar refractivity (Wildman–Crippen MR) is 229 cm³/mol. The Morgan fingerprint density at radius 2 is 1.77 bits per heavy atom. The minimum atomic E-state index is -1.09. The van der Waals surface area contributed by atoms with Crippen LogP contribution in [0.4, 0.5) is 25.1 Å². The quantitative estimate of drug-likeness (QED) is 0.157. The third kappa shape index (κ3) is 6.85. The number of urea groups is 1. The van der Waals surface area contributed by atoms with Gasteiger partial charge in [0.15, 0.2) is 23.0 Å². The number of nitrogens with zero attached hydrogens (tertiary/aromatic N) is 5.